The van der Waals surface area contributed by atoms with Gasteiger partial charge in [0, 0.05) is 43.3 Å². The third kappa shape index (κ3) is 6.54. The number of anilines is 1. The first-order chi connectivity index (χ1) is 19.1. The Bertz CT molecular complexity index is 1340. The smallest absolute Gasteiger partial charge is 0.418 e. The van der Waals surface area contributed by atoms with Crippen molar-refractivity contribution in [1.29, 1.82) is 0 Å². The summed E-state index contributed by atoms with van der Waals surface area (Å²) in [6.07, 6.45) is -3.52. The molecule has 1 aromatic carbocycles. The summed E-state index contributed by atoms with van der Waals surface area (Å²) in [5.74, 6) is -1.05. The van der Waals surface area contributed by atoms with E-state index in [4.69, 9.17) is 9.47 Å². The molecule has 1 atom stereocenters. The second kappa shape index (κ2) is 10.6. The summed E-state index contributed by atoms with van der Waals surface area (Å²) in [4.78, 5) is 33.0. The van der Waals surface area contributed by atoms with E-state index in [1.165, 1.54) is 6.07 Å². The lowest BCUT2D eigenvalue weighted by molar-refractivity contribution is -0.137. The predicted octanol–water partition coefficient (Wildman–Crippen LogP) is 5.79. The van der Waals surface area contributed by atoms with Crippen LogP contribution < -0.4 is 15.0 Å². The molecule has 2 amide bonds. The third-order valence-corrected chi connectivity index (χ3v) is 7.93. The molecule has 0 unspecified atom stereocenters. The van der Waals surface area contributed by atoms with E-state index in [1.54, 1.807) is 42.7 Å². The standard InChI is InChI=1S/C28H31BrF4N4O4/c1-26(2,3)41-25(39)36-9-8-17(13-36)34-24(38)23-21(6-7-22(29)35-23)40-18-11-27(12-18)14-37(15-27)20-5-4-16(30)10-19(20)28(31,32)33/h4-7,10,17-18H,8-9,11-15H2,1-3H3,(H,34,38)/t17-/m1/s1. The Labute approximate surface area is 243 Å². The van der Waals surface area contributed by atoms with Gasteiger partial charge in [0.25, 0.3) is 5.91 Å². The molecule has 222 valence electrons. The van der Waals surface area contributed by atoms with E-state index in [9.17, 15) is 27.2 Å². The van der Waals surface area contributed by atoms with Gasteiger partial charge < -0.3 is 24.6 Å². The average molecular weight is 643 g/mol. The Morgan fingerprint density at radius 3 is 2.49 bits per heavy atom. The lowest BCUT2D eigenvalue weighted by Gasteiger charge is -2.59. The van der Waals surface area contributed by atoms with Crippen LogP contribution in [-0.4, -0.2) is 65.8 Å². The zero-order valence-corrected chi connectivity index (χ0v) is 24.4. The van der Waals surface area contributed by atoms with Crippen LogP contribution in [0.2, 0.25) is 0 Å². The minimum atomic E-state index is -4.65. The minimum Gasteiger partial charge on any atom is -0.488 e. The highest BCUT2D eigenvalue weighted by Gasteiger charge is 2.54. The fourth-order valence-electron chi connectivity index (χ4n) is 5.68. The molecule has 3 heterocycles. The van der Waals surface area contributed by atoms with Crippen LogP contribution >= 0.6 is 15.9 Å². The van der Waals surface area contributed by atoms with Crippen molar-refractivity contribution in [1.82, 2.24) is 15.2 Å². The van der Waals surface area contributed by atoms with E-state index in [0.717, 1.165) is 6.07 Å². The van der Waals surface area contributed by atoms with E-state index in [-0.39, 0.29) is 28.9 Å². The fourth-order valence-corrected chi connectivity index (χ4v) is 5.99. The highest BCUT2D eigenvalue weighted by atomic mass is 79.9. The molecule has 2 saturated heterocycles. The number of likely N-dealkylation sites (tertiary alicyclic amines) is 1. The molecule has 1 N–H and O–H groups in total. The number of aromatic nitrogens is 1. The highest BCUT2D eigenvalue weighted by molar-refractivity contribution is 9.10. The largest absolute Gasteiger partial charge is 0.488 e. The van der Waals surface area contributed by atoms with Crippen molar-refractivity contribution in [3.8, 4) is 5.75 Å². The van der Waals surface area contributed by atoms with Crippen molar-refractivity contribution in [3.63, 3.8) is 0 Å². The molecule has 0 radical (unpaired) electrons. The second-order valence-electron chi connectivity index (χ2n) is 12.0. The number of carbonyl (C=O) groups excluding carboxylic acids is 2. The van der Waals surface area contributed by atoms with Crippen LogP contribution in [0.3, 0.4) is 0 Å². The van der Waals surface area contributed by atoms with E-state index < -0.39 is 35.2 Å². The Balaban J connectivity index is 1.17. The van der Waals surface area contributed by atoms with Gasteiger partial charge in [-0.05, 0) is 86.3 Å². The van der Waals surface area contributed by atoms with Crippen LogP contribution in [0.1, 0.15) is 56.1 Å². The van der Waals surface area contributed by atoms with Gasteiger partial charge in [0.2, 0.25) is 0 Å². The van der Waals surface area contributed by atoms with Gasteiger partial charge in [-0.15, -0.1) is 0 Å². The van der Waals surface area contributed by atoms with Gasteiger partial charge in [-0.3, -0.25) is 4.79 Å². The van der Waals surface area contributed by atoms with Crippen LogP contribution in [0, 0.1) is 11.2 Å². The van der Waals surface area contributed by atoms with E-state index in [2.05, 4.69) is 26.2 Å². The zero-order chi connectivity index (χ0) is 29.7. The maximum atomic E-state index is 13.5. The topological polar surface area (TPSA) is 84.0 Å². The van der Waals surface area contributed by atoms with E-state index in [1.807, 2.05) is 0 Å². The summed E-state index contributed by atoms with van der Waals surface area (Å²) in [5, 5.41) is 2.93. The Hall–Kier alpha value is -3.09. The molecule has 8 nitrogen and oxygen atoms in total. The summed E-state index contributed by atoms with van der Waals surface area (Å²) in [5.41, 5.74) is -1.71. The van der Waals surface area contributed by atoms with E-state index in [0.29, 0.717) is 61.9 Å². The molecule has 1 aliphatic carbocycles. The number of pyridine rings is 1. The first-order valence-corrected chi connectivity index (χ1v) is 14.1. The first kappa shape index (κ1) is 29.4. The number of rotatable bonds is 5. The summed E-state index contributed by atoms with van der Waals surface area (Å²) < 4.78 is 65.8. The zero-order valence-electron chi connectivity index (χ0n) is 22.9. The van der Waals surface area contributed by atoms with Crippen molar-refractivity contribution in [3.05, 3.63) is 52.0 Å². The molecule has 1 aromatic heterocycles. The number of carbonyl (C=O) groups is 2. The number of halogens is 5. The van der Waals surface area contributed by atoms with Gasteiger partial charge in [0.15, 0.2) is 11.4 Å². The number of nitrogens with zero attached hydrogens (tertiary/aromatic N) is 3. The first-order valence-electron chi connectivity index (χ1n) is 13.3. The molecule has 13 heteroatoms. The Morgan fingerprint density at radius 1 is 1.12 bits per heavy atom. The second-order valence-corrected chi connectivity index (χ2v) is 12.8. The molecule has 0 bridgehead atoms. The molecule has 3 aliphatic rings. The van der Waals surface area contributed by atoms with Crippen molar-refractivity contribution in [2.75, 3.05) is 31.1 Å². The molecule has 41 heavy (non-hydrogen) atoms. The van der Waals surface area contributed by atoms with Gasteiger partial charge in [-0.25, -0.2) is 14.2 Å². The highest BCUT2D eigenvalue weighted by Crippen LogP contribution is 2.52. The average Bonchev–Trinajstić information content (AvgIpc) is 3.28. The van der Waals surface area contributed by atoms with Gasteiger partial charge >= 0.3 is 12.3 Å². The van der Waals surface area contributed by atoms with Crippen LogP contribution in [0.5, 0.6) is 5.75 Å². The maximum Gasteiger partial charge on any atom is 0.418 e. The van der Waals surface area contributed by atoms with Crippen molar-refractivity contribution >= 4 is 33.6 Å². The van der Waals surface area contributed by atoms with E-state index >= 15 is 0 Å². The molecule has 2 aliphatic heterocycles. The summed E-state index contributed by atoms with van der Waals surface area (Å²) in [7, 11) is 0. The molecular formula is C28H31BrF4N4O4. The maximum absolute atomic E-state index is 13.5. The monoisotopic (exact) mass is 642 g/mol. The fraction of sp³-hybridized carbons (Fsp3) is 0.536. The van der Waals surface area contributed by atoms with Gasteiger partial charge in [-0.1, -0.05) is 0 Å². The number of hydrogen-bond donors (Lipinski definition) is 1. The molecule has 1 saturated carbocycles. The summed E-state index contributed by atoms with van der Waals surface area (Å²) in [6, 6.07) is 5.78. The molecule has 1 spiro atoms. The normalized spacial score (nSPS) is 20.4. The lowest BCUT2D eigenvalue weighted by Crippen LogP contribution is -2.65. The molecule has 2 aromatic rings. The minimum absolute atomic E-state index is 0.0258. The van der Waals surface area contributed by atoms with Crippen LogP contribution in [0.4, 0.5) is 28.0 Å². The number of benzene rings is 1. The van der Waals surface area contributed by atoms with Crippen LogP contribution in [0.25, 0.3) is 0 Å². The predicted molar refractivity (Wildman–Crippen MR) is 145 cm³/mol. The lowest BCUT2D eigenvalue weighted by atomic mass is 9.61. The van der Waals surface area contributed by atoms with Crippen LogP contribution in [0.15, 0.2) is 34.9 Å². The molecular weight excluding hydrogens is 612 g/mol. The quantitative estimate of drug-likeness (QED) is 0.328. The van der Waals surface area contributed by atoms with Crippen molar-refractivity contribution in [2.45, 2.75) is 64.0 Å². The SMILES string of the molecule is CC(C)(C)OC(=O)N1CC[C@@H](NC(=O)c2nc(Br)ccc2OC2CC3(C2)CN(c2ccc(F)cc2C(F)(F)F)C3)C1. The van der Waals surface area contributed by atoms with Crippen LogP contribution in [-0.2, 0) is 10.9 Å². The third-order valence-electron chi connectivity index (χ3n) is 7.49. The van der Waals surface area contributed by atoms with Gasteiger partial charge in [0.05, 0.1) is 5.56 Å². The van der Waals surface area contributed by atoms with Crippen molar-refractivity contribution < 1.29 is 36.6 Å². The number of nitrogens with one attached hydrogen (secondary N) is 1. The van der Waals surface area contributed by atoms with Crippen molar-refractivity contribution in [2.24, 2.45) is 5.41 Å². The molecule has 5 rings (SSSR count). The van der Waals surface area contributed by atoms with Gasteiger partial charge in [0.1, 0.15) is 22.1 Å². The Morgan fingerprint density at radius 2 is 1.83 bits per heavy atom. The number of hydrogen-bond acceptors (Lipinski definition) is 6. The summed E-state index contributed by atoms with van der Waals surface area (Å²) >= 11 is 3.30. The number of amides is 2. The Kier molecular flexibility index (Phi) is 7.62. The molecule has 3 fully saturated rings. The number of ether oxygens (including phenoxy) is 2. The number of alkyl halides is 3. The summed E-state index contributed by atoms with van der Waals surface area (Å²) in [6.45, 7) is 6.96. The van der Waals surface area contributed by atoms with Gasteiger partial charge in [-0.2, -0.15) is 13.2 Å².